The third-order valence-electron chi connectivity index (χ3n) is 4.77. The van der Waals surface area contributed by atoms with Crippen LogP contribution < -0.4 is 5.73 Å². The molecule has 0 amide bonds. The van der Waals surface area contributed by atoms with Gasteiger partial charge in [-0.05, 0) is 12.5 Å². The summed E-state index contributed by atoms with van der Waals surface area (Å²) in [5.74, 6) is -0.547. The SMILES string of the molecule is NC1=NC2(c3ccc(F)cc3F)COC(c3cncnc3)CC2CS1. The van der Waals surface area contributed by atoms with Gasteiger partial charge in [-0.3, -0.25) is 0 Å². The third-order valence-corrected chi connectivity index (χ3v) is 5.73. The van der Waals surface area contributed by atoms with Crippen molar-refractivity contribution in [3.05, 3.63) is 59.7 Å². The van der Waals surface area contributed by atoms with E-state index in [1.54, 1.807) is 12.4 Å². The van der Waals surface area contributed by atoms with Crippen molar-refractivity contribution in [1.29, 1.82) is 0 Å². The maximum Gasteiger partial charge on any atom is 0.154 e. The van der Waals surface area contributed by atoms with Crippen LogP contribution in [0.3, 0.4) is 0 Å². The van der Waals surface area contributed by atoms with E-state index in [2.05, 4.69) is 15.0 Å². The number of hydrogen-bond donors (Lipinski definition) is 1. The smallest absolute Gasteiger partial charge is 0.154 e. The number of fused-ring (bicyclic) bond motifs is 1. The zero-order chi connectivity index (χ0) is 17.4. The van der Waals surface area contributed by atoms with E-state index < -0.39 is 17.2 Å². The van der Waals surface area contributed by atoms with Crippen LogP contribution in [0.1, 0.15) is 23.7 Å². The van der Waals surface area contributed by atoms with Gasteiger partial charge in [-0.1, -0.05) is 17.8 Å². The minimum absolute atomic E-state index is 0.00344. The number of thioether (sulfide) groups is 1. The molecule has 2 aliphatic rings. The second kappa shape index (κ2) is 6.34. The number of ether oxygens (including phenoxy) is 1. The normalized spacial score (nSPS) is 29.0. The number of halogens is 2. The second-order valence-corrected chi connectivity index (χ2v) is 7.25. The van der Waals surface area contributed by atoms with Crippen molar-refractivity contribution in [2.24, 2.45) is 16.6 Å². The number of aliphatic imine (C=N–C) groups is 1. The molecule has 0 spiro atoms. The van der Waals surface area contributed by atoms with Gasteiger partial charge in [0.1, 0.15) is 23.5 Å². The Kier molecular flexibility index (Phi) is 4.16. The summed E-state index contributed by atoms with van der Waals surface area (Å²) < 4.78 is 33.9. The molecule has 0 saturated carbocycles. The van der Waals surface area contributed by atoms with E-state index in [9.17, 15) is 8.78 Å². The Bertz CT molecular complexity index is 820. The van der Waals surface area contributed by atoms with Crippen LogP contribution in [0.5, 0.6) is 0 Å². The molecular formula is C17H16F2N4OS. The van der Waals surface area contributed by atoms with Gasteiger partial charge < -0.3 is 10.5 Å². The highest BCUT2D eigenvalue weighted by atomic mass is 32.2. The van der Waals surface area contributed by atoms with E-state index in [-0.39, 0.29) is 18.6 Å². The lowest BCUT2D eigenvalue weighted by atomic mass is 9.74. The number of aromatic nitrogens is 2. The molecular weight excluding hydrogens is 346 g/mol. The van der Waals surface area contributed by atoms with Gasteiger partial charge in [-0.25, -0.2) is 23.7 Å². The Hall–Kier alpha value is -2.06. The quantitative estimate of drug-likeness (QED) is 0.889. The van der Waals surface area contributed by atoms with Gasteiger partial charge in [0.15, 0.2) is 5.17 Å². The minimum Gasteiger partial charge on any atom is -0.379 e. The van der Waals surface area contributed by atoms with Crippen molar-refractivity contribution in [1.82, 2.24) is 9.97 Å². The van der Waals surface area contributed by atoms with Crippen LogP contribution in [0.2, 0.25) is 0 Å². The molecule has 3 heterocycles. The van der Waals surface area contributed by atoms with Crippen LogP contribution in [0, 0.1) is 17.6 Å². The molecule has 1 aromatic heterocycles. The maximum absolute atomic E-state index is 14.5. The molecule has 2 aromatic rings. The molecule has 8 heteroatoms. The fourth-order valence-corrected chi connectivity index (χ4v) is 4.53. The summed E-state index contributed by atoms with van der Waals surface area (Å²) in [6, 6.07) is 3.57. The molecule has 3 unspecified atom stereocenters. The van der Waals surface area contributed by atoms with E-state index in [0.29, 0.717) is 22.9 Å². The maximum atomic E-state index is 14.5. The first kappa shape index (κ1) is 16.4. The Morgan fingerprint density at radius 1 is 1.24 bits per heavy atom. The number of hydrogen-bond acceptors (Lipinski definition) is 6. The highest BCUT2D eigenvalue weighted by Crippen LogP contribution is 2.49. The van der Waals surface area contributed by atoms with Gasteiger partial charge in [-0.15, -0.1) is 0 Å². The zero-order valence-corrected chi connectivity index (χ0v) is 14.0. The van der Waals surface area contributed by atoms with Crippen molar-refractivity contribution >= 4 is 16.9 Å². The Balaban J connectivity index is 1.73. The number of nitrogens with two attached hydrogens (primary N) is 1. The highest BCUT2D eigenvalue weighted by Gasteiger charge is 2.49. The number of benzene rings is 1. The first-order valence-corrected chi connectivity index (χ1v) is 8.87. The van der Waals surface area contributed by atoms with Gasteiger partial charge in [0.05, 0.1) is 12.7 Å². The van der Waals surface area contributed by atoms with E-state index in [4.69, 9.17) is 10.5 Å². The van der Waals surface area contributed by atoms with Crippen molar-refractivity contribution in [2.45, 2.75) is 18.1 Å². The first-order valence-electron chi connectivity index (χ1n) is 7.88. The van der Waals surface area contributed by atoms with Gasteiger partial charge in [-0.2, -0.15) is 0 Å². The number of rotatable bonds is 2. The van der Waals surface area contributed by atoms with Gasteiger partial charge >= 0.3 is 0 Å². The predicted molar refractivity (Wildman–Crippen MR) is 90.9 cm³/mol. The van der Waals surface area contributed by atoms with Gasteiger partial charge in [0, 0.05) is 41.3 Å². The highest BCUT2D eigenvalue weighted by molar-refractivity contribution is 8.13. The second-order valence-electron chi connectivity index (χ2n) is 6.21. The zero-order valence-electron chi connectivity index (χ0n) is 13.2. The van der Waals surface area contributed by atoms with Crippen molar-refractivity contribution in [2.75, 3.05) is 12.4 Å². The summed E-state index contributed by atoms with van der Waals surface area (Å²) in [4.78, 5) is 12.6. The summed E-state index contributed by atoms with van der Waals surface area (Å²) >= 11 is 1.45. The molecule has 1 fully saturated rings. The van der Waals surface area contributed by atoms with Crippen LogP contribution in [0.15, 0.2) is 41.9 Å². The molecule has 0 radical (unpaired) electrons. The molecule has 2 N–H and O–H groups in total. The average Bonchev–Trinajstić information content (AvgIpc) is 2.61. The van der Waals surface area contributed by atoms with Crippen LogP contribution in [-0.2, 0) is 10.3 Å². The van der Waals surface area contributed by atoms with Crippen molar-refractivity contribution in [3.63, 3.8) is 0 Å². The Morgan fingerprint density at radius 3 is 2.80 bits per heavy atom. The lowest BCUT2D eigenvalue weighted by Crippen LogP contribution is -2.48. The summed E-state index contributed by atoms with van der Waals surface area (Å²) in [6.07, 6.45) is 5.35. The average molecular weight is 362 g/mol. The summed E-state index contributed by atoms with van der Waals surface area (Å²) in [5, 5.41) is 0.394. The third kappa shape index (κ3) is 2.89. The van der Waals surface area contributed by atoms with Crippen LogP contribution in [0.25, 0.3) is 0 Å². The molecule has 1 saturated heterocycles. The summed E-state index contributed by atoms with van der Waals surface area (Å²) in [6.45, 7) is 0.168. The summed E-state index contributed by atoms with van der Waals surface area (Å²) in [7, 11) is 0. The lowest BCUT2D eigenvalue weighted by Gasteiger charge is -2.46. The number of amidine groups is 1. The Labute approximate surface area is 147 Å². The molecule has 0 bridgehead atoms. The van der Waals surface area contributed by atoms with E-state index in [0.717, 1.165) is 11.6 Å². The van der Waals surface area contributed by atoms with Gasteiger partial charge in [0.25, 0.3) is 0 Å². The monoisotopic (exact) mass is 362 g/mol. The van der Waals surface area contributed by atoms with E-state index in [1.165, 1.54) is 30.2 Å². The van der Waals surface area contributed by atoms with Crippen LogP contribution >= 0.6 is 11.8 Å². The topological polar surface area (TPSA) is 73.4 Å². The fraction of sp³-hybridized carbons (Fsp3) is 0.353. The molecule has 2 aliphatic heterocycles. The molecule has 25 heavy (non-hydrogen) atoms. The number of nitrogens with zero attached hydrogens (tertiary/aromatic N) is 3. The van der Waals surface area contributed by atoms with E-state index in [1.807, 2.05) is 0 Å². The van der Waals surface area contributed by atoms with Crippen molar-refractivity contribution < 1.29 is 13.5 Å². The molecule has 0 aliphatic carbocycles. The van der Waals surface area contributed by atoms with Crippen LogP contribution in [0.4, 0.5) is 8.78 Å². The largest absolute Gasteiger partial charge is 0.379 e. The van der Waals surface area contributed by atoms with Crippen LogP contribution in [-0.4, -0.2) is 27.5 Å². The molecule has 5 nitrogen and oxygen atoms in total. The standard InChI is InChI=1S/C17H16F2N4OS/c18-12-1-2-13(14(19)4-12)17-8-24-15(10-5-21-9-22-6-10)3-11(17)7-25-16(20)23-17/h1-2,4-6,9,11,15H,3,7-8H2,(H2,20,23). The molecule has 130 valence electrons. The molecule has 4 rings (SSSR count). The minimum atomic E-state index is -0.931. The Morgan fingerprint density at radius 2 is 2.04 bits per heavy atom. The predicted octanol–water partition coefficient (Wildman–Crippen LogP) is 2.79. The molecule has 1 aromatic carbocycles. The first-order chi connectivity index (χ1) is 12.1. The summed E-state index contributed by atoms with van der Waals surface area (Å²) in [5.41, 5.74) is 6.20. The van der Waals surface area contributed by atoms with E-state index >= 15 is 0 Å². The fourth-order valence-electron chi connectivity index (χ4n) is 3.52. The lowest BCUT2D eigenvalue weighted by molar-refractivity contribution is -0.0590. The van der Waals surface area contributed by atoms with Crippen molar-refractivity contribution in [3.8, 4) is 0 Å². The van der Waals surface area contributed by atoms with Gasteiger partial charge in [0.2, 0.25) is 0 Å². The molecule has 3 atom stereocenters.